The van der Waals surface area contributed by atoms with E-state index in [0.29, 0.717) is 24.2 Å². The van der Waals surface area contributed by atoms with E-state index in [4.69, 9.17) is 4.74 Å². The average Bonchev–Trinajstić information content (AvgIpc) is 2.97. The van der Waals surface area contributed by atoms with Crippen LogP contribution < -0.4 is 9.64 Å². The first kappa shape index (κ1) is 13.5. The maximum absolute atomic E-state index is 14.2. The molecule has 1 saturated heterocycles. The van der Waals surface area contributed by atoms with Crippen molar-refractivity contribution in [2.75, 3.05) is 18.6 Å². The lowest BCUT2D eigenvalue weighted by Gasteiger charge is -2.23. The Hall–Kier alpha value is -2.44. The van der Waals surface area contributed by atoms with E-state index in [9.17, 15) is 14.3 Å². The highest BCUT2D eigenvalue weighted by Crippen LogP contribution is 2.33. The number of carboxylic acid groups (broad SMARTS) is 1. The van der Waals surface area contributed by atoms with E-state index >= 15 is 0 Å². The van der Waals surface area contributed by atoms with E-state index in [2.05, 4.69) is 9.97 Å². The zero-order valence-electron chi connectivity index (χ0n) is 11.4. The summed E-state index contributed by atoms with van der Waals surface area (Å²) >= 11 is 0. The molecule has 6 nitrogen and oxygen atoms in total. The van der Waals surface area contributed by atoms with Gasteiger partial charge in [-0.25, -0.2) is 19.2 Å². The Bertz CT molecular complexity index is 707. The summed E-state index contributed by atoms with van der Waals surface area (Å²) in [6.07, 6.45) is 2.57. The zero-order valence-corrected chi connectivity index (χ0v) is 11.4. The number of methoxy groups -OCH3 is 1. The molecule has 1 N–H and O–H groups in total. The Balaban J connectivity index is 2.15. The summed E-state index contributed by atoms with van der Waals surface area (Å²) in [7, 11) is 1.38. The third-order valence-electron chi connectivity index (χ3n) is 3.72. The minimum absolute atomic E-state index is 0.100. The first-order valence-corrected chi connectivity index (χ1v) is 6.60. The van der Waals surface area contributed by atoms with Crippen LogP contribution in [0.4, 0.5) is 10.2 Å². The molecule has 110 valence electrons. The summed E-state index contributed by atoms with van der Waals surface area (Å²) in [6.45, 7) is 0.580. The number of aromatic nitrogens is 2. The van der Waals surface area contributed by atoms with Gasteiger partial charge in [-0.15, -0.1) is 0 Å². The lowest BCUT2D eigenvalue weighted by molar-refractivity contribution is -0.138. The maximum atomic E-state index is 14.2. The number of hydrogen-bond donors (Lipinski definition) is 1. The normalized spacial score (nSPS) is 18.2. The molecule has 0 bridgehead atoms. The zero-order chi connectivity index (χ0) is 15.0. The van der Waals surface area contributed by atoms with Crippen molar-refractivity contribution in [1.29, 1.82) is 0 Å². The van der Waals surface area contributed by atoms with E-state index in [1.807, 2.05) is 0 Å². The molecule has 0 aliphatic carbocycles. The quantitative estimate of drug-likeness (QED) is 0.930. The Kier molecular flexibility index (Phi) is 3.32. The average molecular weight is 291 g/mol. The van der Waals surface area contributed by atoms with Gasteiger partial charge < -0.3 is 14.7 Å². The van der Waals surface area contributed by atoms with Crippen molar-refractivity contribution in [3.8, 4) is 5.75 Å². The molecule has 1 fully saturated rings. The van der Waals surface area contributed by atoms with E-state index in [1.54, 1.807) is 11.0 Å². The second-order valence-electron chi connectivity index (χ2n) is 4.86. The molecule has 0 amide bonds. The fourth-order valence-electron chi connectivity index (χ4n) is 2.73. The topological polar surface area (TPSA) is 75.5 Å². The number of carbonyl (C=O) groups is 1. The molecule has 1 aromatic heterocycles. The smallest absolute Gasteiger partial charge is 0.326 e. The molecular weight excluding hydrogens is 277 g/mol. The van der Waals surface area contributed by atoms with E-state index in [0.717, 1.165) is 6.42 Å². The molecule has 1 aromatic carbocycles. The molecule has 2 heterocycles. The minimum Gasteiger partial charge on any atom is -0.494 e. The van der Waals surface area contributed by atoms with Crippen LogP contribution >= 0.6 is 0 Å². The Morgan fingerprint density at radius 2 is 2.29 bits per heavy atom. The minimum atomic E-state index is -0.895. The van der Waals surface area contributed by atoms with Crippen molar-refractivity contribution in [1.82, 2.24) is 9.97 Å². The van der Waals surface area contributed by atoms with Gasteiger partial charge >= 0.3 is 5.97 Å². The SMILES string of the molecule is COc1ccc2c(N3CCC[C@@H]3C(=O)O)ncnc2c1F. The van der Waals surface area contributed by atoms with Crippen molar-refractivity contribution in [2.45, 2.75) is 18.9 Å². The van der Waals surface area contributed by atoms with E-state index < -0.39 is 17.8 Å². The third kappa shape index (κ3) is 2.14. The number of halogens is 1. The van der Waals surface area contributed by atoms with Gasteiger partial charge in [0.05, 0.1) is 7.11 Å². The molecule has 1 atom stereocenters. The van der Waals surface area contributed by atoms with Crippen LogP contribution in [0.15, 0.2) is 18.5 Å². The summed E-state index contributed by atoms with van der Waals surface area (Å²) in [5, 5.41) is 9.76. The number of fused-ring (bicyclic) bond motifs is 1. The van der Waals surface area contributed by atoms with Crippen molar-refractivity contribution in [3.63, 3.8) is 0 Å². The molecule has 3 rings (SSSR count). The molecule has 0 unspecified atom stereocenters. The van der Waals surface area contributed by atoms with Crippen molar-refractivity contribution < 1.29 is 19.0 Å². The van der Waals surface area contributed by atoms with Gasteiger partial charge in [0.15, 0.2) is 11.6 Å². The standard InChI is InChI=1S/C14H14FN3O3/c1-21-10-5-4-8-12(11(10)15)16-7-17-13(8)18-6-2-3-9(18)14(19)20/h4-5,7,9H,2-3,6H2,1H3,(H,19,20)/t9-/m1/s1. The third-order valence-corrected chi connectivity index (χ3v) is 3.72. The highest BCUT2D eigenvalue weighted by molar-refractivity contribution is 5.92. The Labute approximate surface area is 120 Å². The van der Waals surface area contributed by atoms with Gasteiger partial charge in [0.1, 0.15) is 23.7 Å². The number of hydrogen-bond acceptors (Lipinski definition) is 5. The van der Waals surface area contributed by atoms with Gasteiger partial charge in [-0.3, -0.25) is 0 Å². The summed E-state index contributed by atoms with van der Waals surface area (Å²) < 4.78 is 19.2. The Morgan fingerprint density at radius 1 is 1.48 bits per heavy atom. The molecule has 1 aliphatic rings. The van der Waals surface area contributed by atoms with Crippen LogP contribution in [0.25, 0.3) is 10.9 Å². The number of nitrogens with zero attached hydrogens (tertiary/aromatic N) is 3. The van der Waals surface area contributed by atoms with Crippen molar-refractivity contribution in [2.24, 2.45) is 0 Å². The summed E-state index contributed by atoms with van der Waals surface area (Å²) in [5.74, 6) is -0.909. The van der Waals surface area contributed by atoms with Gasteiger partial charge in [-0.2, -0.15) is 0 Å². The molecule has 1 aliphatic heterocycles. The van der Waals surface area contributed by atoms with Crippen LogP contribution in [0.3, 0.4) is 0 Å². The van der Waals surface area contributed by atoms with Gasteiger partial charge in [0, 0.05) is 11.9 Å². The summed E-state index contributed by atoms with van der Waals surface area (Å²) in [5.41, 5.74) is 0.135. The van der Waals surface area contributed by atoms with Gasteiger partial charge in [-0.1, -0.05) is 0 Å². The number of carboxylic acids is 1. The van der Waals surface area contributed by atoms with Crippen molar-refractivity contribution >= 4 is 22.7 Å². The maximum Gasteiger partial charge on any atom is 0.326 e. The fraction of sp³-hybridized carbons (Fsp3) is 0.357. The van der Waals surface area contributed by atoms with Crippen LogP contribution in [0, 0.1) is 5.82 Å². The second-order valence-corrected chi connectivity index (χ2v) is 4.86. The predicted molar refractivity (Wildman–Crippen MR) is 74.1 cm³/mol. The van der Waals surface area contributed by atoms with Crippen LogP contribution in [0.2, 0.25) is 0 Å². The molecule has 2 aromatic rings. The number of rotatable bonds is 3. The number of anilines is 1. The summed E-state index contributed by atoms with van der Waals surface area (Å²) in [4.78, 5) is 21.1. The van der Waals surface area contributed by atoms with Gasteiger partial charge in [0.2, 0.25) is 0 Å². The van der Waals surface area contributed by atoms with Crippen LogP contribution in [0.5, 0.6) is 5.75 Å². The highest BCUT2D eigenvalue weighted by atomic mass is 19.1. The van der Waals surface area contributed by atoms with Crippen LogP contribution in [-0.2, 0) is 4.79 Å². The van der Waals surface area contributed by atoms with Gasteiger partial charge in [-0.05, 0) is 25.0 Å². The molecule has 0 radical (unpaired) electrons. The molecule has 0 spiro atoms. The summed E-state index contributed by atoms with van der Waals surface area (Å²) in [6, 6.07) is 2.52. The molecular formula is C14H14FN3O3. The first-order valence-electron chi connectivity index (χ1n) is 6.60. The number of benzene rings is 1. The Morgan fingerprint density at radius 3 is 3.00 bits per heavy atom. The van der Waals surface area contributed by atoms with Crippen molar-refractivity contribution in [3.05, 3.63) is 24.3 Å². The lowest BCUT2D eigenvalue weighted by Crippen LogP contribution is -2.36. The monoisotopic (exact) mass is 291 g/mol. The van der Waals surface area contributed by atoms with Crippen LogP contribution in [-0.4, -0.2) is 40.7 Å². The highest BCUT2D eigenvalue weighted by Gasteiger charge is 2.32. The predicted octanol–water partition coefficient (Wildman–Crippen LogP) is 1.83. The second kappa shape index (κ2) is 5.16. The van der Waals surface area contributed by atoms with E-state index in [-0.39, 0.29) is 11.3 Å². The lowest BCUT2D eigenvalue weighted by atomic mass is 10.2. The van der Waals surface area contributed by atoms with Gasteiger partial charge in [0.25, 0.3) is 0 Å². The molecule has 21 heavy (non-hydrogen) atoms. The number of aliphatic carboxylic acids is 1. The number of ether oxygens (including phenoxy) is 1. The fourth-order valence-corrected chi connectivity index (χ4v) is 2.73. The van der Waals surface area contributed by atoms with Crippen LogP contribution in [0.1, 0.15) is 12.8 Å². The largest absolute Gasteiger partial charge is 0.494 e. The first-order chi connectivity index (χ1) is 10.1. The molecule has 7 heteroatoms. The molecule has 0 saturated carbocycles. The van der Waals surface area contributed by atoms with E-state index in [1.165, 1.54) is 19.5 Å².